The normalized spacial score (nSPS) is 17.8. The molecule has 1 atom stereocenters. The predicted octanol–water partition coefficient (Wildman–Crippen LogP) is 2.74. The summed E-state index contributed by atoms with van der Waals surface area (Å²) in [5.41, 5.74) is 10.2. The molecule has 7 heteroatoms. The van der Waals surface area contributed by atoms with Gasteiger partial charge in [0.1, 0.15) is 0 Å². The molecule has 3 rings (SSSR count). The third-order valence-electron chi connectivity index (χ3n) is 3.53. The van der Waals surface area contributed by atoms with Crippen molar-refractivity contribution in [3.63, 3.8) is 0 Å². The number of amides is 1. The Bertz CT molecular complexity index is 688. The van der Waals surface area contributed by atoms with Crippen LogP contribution in [0.5, 0.6) is 0 Å². The number of nitrogens with one attached hydrogen (secondary N) is 1. The van der Waals surface area contributed by atoms with Crippen LogP contribution in [0.2, 0.25) is 0 Å². The summed E-state index contributed by atoms with van der Waals surface area (Å²) in [7, 11) is 0. The van der Waals surface area contributed by atoms with Gasteiger partial charge in [-0.15, -0.1) is 0 Å². The monoisotopic (exact) mass is 282 g/mol. The Morgan fingerprint density at radius 1 is 1.43 bits per heavy atom. The number of H-pyrrole nitrogens is 1. The number of hydrogen-bond donors (Lipinski definition) is 1. The first-order valence-electron chi connectivity index (χ1n) is 6.70. The van der Waals surface area contributed by atoms with Crippen molar-refractivity contribution < 1.29 is 4.79 Å². The Balaban J connectivity index is 1.77. The van der Waals surface area contributed by atoms with Crippen LogP contribution in [-0.2, 0) is 4.79 Å². The fourth-order valence-corrected chi connectivity index (χ4v) is 2.49. The van der Waals surface area contributed by atoms with Gasteiger partial charge in [0.2, 0.25) is 5.91 Å². The number of carbonyl (C=O) groups excluding carboxylic acids is 1. The minimum absolute atomic E-state index is 0.0132. The molecule has 1 saturated heterocycles. The number of aromatic amines is 1. The molecule has 0 radical (unpaired) electrons. The average Bonchev–Trinajstić information content (AvgIpc) is 3.12. The predicted molar refractivity (Wildman–Crippen MR) is 78.5 cm³/mol. The number of carbonyl (C=O) groups is 1. The Hall–Kier alpha value is -2.79. The second-order valence-electron chi connectivity index (χ2n) is 4.99. The highest BCUT2D eigenvalue weighted by molar-refractivity contribution is 5.95. The van der Waals surface area contributed by atoms with E-state index in [0.717, 1.165) is 11.3 Å². The molecular weight excluding hydrogens is 268 g/mol. The van der Waals surface area contributed by atoms with Gasteiger partial charge < -0.3 is 0 Å². The summed E-state index contributed by atoms with van der Waals surface area (Å²) < 4.78 is 0. The van der Waals surface area contributed by atoms with E-state index in [4.69, 9.17) is 5.53 Å². The maximum Gasteiger partial charge on any atom is 0.228 e. The zero-order valence-electron chi connectivity index (χ0n) is 11.3. The molecule has 0 bridgehead atoms. The van der Waals surface area contributed by atoms with Crippen LogP contribution < -0.4 is 4.90 Å². The summed E-state index contributed by atoms with van der Waals surface area (Å²) in [6.07, 6.45) is 0.395. The summed E-state index contributed by atoms with van der Waals surface area (Å²) in [6.45, 7) is 0.881. The van der Waals surface area contributed by atoms with E-state index in [9.17, 15) is 4.79 Å². The molecule has 0 aliphatic carbocycles. The van der Waals surface area contributed by atoms with Gasteiger partial charge in [-0.05, 0) is 17.0 Å². The Morgan fingerprint density at radius 3 is 3.00 bits per heavy atom. The number of aromatic nitrogens is 2. The lowest BCUT2D eigenvalue weighted by Crippen LogP contribution is -2.25. The first-order chi connectivity index (χ1) is 10.3. The molecule has 1 aliphatic heterocycles. The molecule has 21 heavy (non-hydrogen) atoms. The van der Waals surface area contributed by atoms with Crippen molar-refractivity contribution >= 4 is 11.7 Å². The van der Waals surface area contributed by atoms with E-state index in [1.165, 1.54) is 0 Å². The van der Waals surface area contributed by atoms with E-state index >= 15 is 0 Å². The average molecular weight is 282 g/mol. The van der Waals surface area contributed by atoms with E-state index in [2.05, 4.69) is 20.2 Å². The van der Waals surface area contributed by atoms with E-state index in [0.29, 0.717) is 25.3 Å². The topological polar surface area (TPSA) is 97.8 Å². The minimum atomic E-state index is 0.0132. The second kappa shape index (κ2) is 5.68. The van der Waals surface area contributed by atoms with Crippen molar-refractivity contribution in [2.45, 2.75) is 6.42 Å². The third-order valence-corrected chi connectivity index (χ3v) is 3.53. The maximum absolute atomic E-state index is 12.0. The molecule has 1 unspecified atom stereocenters. The molecule has 1 N–H and O–H groups in total. The molecule has 1 aromatic carbocycles. The summed E-state index contributed by atoms with van der Waals surface area (Å²) in [5.74, 6) is 0.687. The molecule has 2 heterocycles. The van der Waals surface area contributed by atoms with Crippen LogP contribution in [0.4, 0.5) is 5.82 Å². The summed E-state index contributed by atoms with van der Waals surface area (Å²) in [4.78, 5) is 16.4. The molecule has 1 amide bonds. The smallest absolute Gasteiger partial charge is 0.228 e. The second-order valence-corrected chi connectivity index (χ2v) is 4.99. The molecule has 2 aromatic rings. The lowest BCUT2D eigenvalue weighted by Gasteiger charge is -2.12. The molecule has 1 fully saturated rings. The Morgan fingerprint density at radius 2 is 2.24 bits per heavy atom. The highest BCUT2D eigenvalue weighted by Crippen LogP contribution is 2.27. The largest absolute Gasteiger partial charge is 0.295 e. The van der Waals surface area contributed by atoms with Gasteiger partial charge in [-0.2, -0.15) is 5.10 Å². The van der Waals surface area contributed by atoms with Crippen molar-refractivity contribution in [2.24, 2.45) is 11.0 Å². The van der Waals surface area contributed by atoms with Crippen molar-refractivity contribution in [1.29, 1.82) is 0 Å². The number of hydrogen-bond acceptors (Lipinski definition) is 3. The van der Waals surface area contributed by atoms with Crippen LogP contribution in [0.1, 0.15) is 6.42 Å². The standard InChI is InChI=1S/C14H14N6O/c15-19-16-8-10-6-14(21)20(9-10)13-7-12(17-18-13)11-4-2-1-3-5-11/h1-5,7,10H,6,8-9H2,(H,17,18). The number of benzene rings is 1. The highest BCUT2D eigenvalue weighted by atomic mass is 16.2. The number of anilines is 1. The Labute approximate surface area is 121 Å². The first-order valence-corrected chi connectivity index (χ1v) is 6.70. The van der Waals surface area contributed by atoms with Crippen LogP contribution in [-0.4, -0.2) is 29.2 Å². The van der Waals surface area contributed by atoms with E-state index < -0.39 is 0 Å². The van der Waals surface area contributed by atoms with Gasteiger partial charge in [0.05, 0.1) is 5.69 Å². The minimum Gasteiger partial charge on any atom is -0.295 e. The fourth-order valence-electron chi connectivity index (χ4n) is 2.49. The van der Waals surface area contributed by atoms with Gasteiger partial charge >= 0.3 is 0 Å². The van der Waals surface area contributed by atoms with E-state index in [-0.39, 0.29) is 11.8 Å². The van der Waals surface area contributed by atoms with Crippen LogP contribution >= 0.6 is 0 Å². The van der Waals surface area contributed by atoms with Gasteiger partial charge in [-0.1, -0.05) is 35.4 Å². The van der Waals surface area contributed by atoms with Crippen molar-refractivity contribution in [2.75, 3.05) is 18.0 Å². The van der Waals surface area contributed by atoms with Gasteiger partial charge in [0.25, 0.3) is 0 Å². The van der Waals surface area contributed by atoms with Crippen molar-refractivity contribution in [3.05, 3.63) is 46.8 Å². The van der Waals surface area contributed by atoms with Gasteiger partial charge in [0.15, 0.2) is 5.82 Å². The van der Waals surface area contributed by atoms with Crippen LogP contribution in [0.3, 0.4) is 0 Å². The van der Waals surface area contributed by atoms with Crippen molar-refractivity contribution in [3.8, 4) is 11.3 Å². The van der Waals surface area contributed by atoms with Crippen LogP contribution in [0.25, 0.3) is 21.7 Å². The lowest BCUT2D eigenvalue weighted by molar-refractivity contribution is -0.117. The van der Waals surface area contributed by atoms with Crippen LogP contribution in [0.15, 0.2) is 41.5 Å². The number of rotatable bonds is 4. The zero-order chi connectivity index (χ0) is 14.7. The molecule has 0 saturated carbocycles. The van der Waals surface area contributed by atoms with Gasteiger partial charge in [-0.25, -0.2) is 0 Å². The molecular formula is C14H14N6O. The quantitative estimate of drug-likeness (QED) is 0.530. The SMILES string of the molecule is [N-]=[N+]=NCC1CC(=O)N(c2cc(-c3ccccc3)[nH]n2)C1. The molecule has 1 aromatic heterocycles. The van der Waals surface area contributed by atoms with Gasteiger partial charge in [-0.3, -0.25) is 14.8 Å². The molecule has 106 valence electrons. The molecule has 0 spiro atoms. The molecule has 1 aliphatic rings. The van der Waals surface area contributed by atoms with Crippen molar-refractivity contribution in [1.82, 2.24) is 10.2 Å². The number of azide groups is 1. The maximum atomic E-state index is 12.0. The molecule has 7 nitrogen and oxygen atoms in total. The highest BCUT2D eigenvalue weighted by Gasteiger charge is 2.31. The Kier molecular flexibility index (Phi) is 3.57. The summed E-state index contributed by atoms with van der Waals surface area (Å²) in [6, 6.07) is 11.7. The number of nitrogens with zero attached hydrogens (tertiary/aromatic N) is 5. The van der Waals surface area contributed by atoms with Crippen LogP contribution in [0, 0.1) is 5.92 Å². The first kappa shape index (κ1) is 13.2. The van der Waals surface area contributed by atoms with E-state index in [1.54, 1.807) is 4.90 Å². The fraction of sp³-hybridized carbons (Fsp3) is 0.286. The third kappa shape index (κ3) is 2.73. The van der Waals surface area contributed by atoms with Gasteiger partial charge in [0, 0.05) is 30.5 Å². The van der Waals surface area contributed by atoms with E-state index in [1.807, 2.05) is 36.4 Å². The summed E-state index contributed by atoms with van der Waals surface area (Å²) >= 11 is 0. The zero-order valence-corrected chi connectivity index (χ0v) is 11.3. The summed E-state index contributed by atoms with van der Waals surface area (Å²) in [5, 5.41) is 10.7. The lowest BCUT2D eigenvalue weighted by atomic mass is 10.1.